The Morgan fingerprint density at radius 2 is 2.00 bits per heavy atom. The molecular weight excluding hydrogens is 333 g/mol. The lowest BCUT2D eigenvalue weighted by Crippen LogP contribution is -2.12. The van der Waals surface area contributed by atoms with Crippen LogP contribution in [-0.4, -0.2) is 5.91 Å². The molecule has 0 aliphatic heterocycles. The second kappa shape index (κ2) is 5.72. The molecule has 0 unspecified atom stereocenters. The standard InChI is InChI=1S/C14H10BrClFNO/c1-8-2-4-10(7-13(8)16)18-14(19)11-6-9(17)3-5-12(11)15/h2-7H,1H3,(H,18,19). The monoisotopic (exact) mass is 341 g/mol. The minimum atomic E-state index is -0.463. The average Bonchev–Trinajstić information content (AvgIpc) is 2.36. The predicted molar refractivity (Wildman–Crippen MR) is 78.2 cm³/mol. The molecule has 0 aromatic heterocycles. The summed E-state index contributed by atoms with van der Waals surface area (Å²) in [7, 11) is 0. The minimum absolute atomic E-state index is 0.233. The molecule has 0 atom stereocenters. The molecule has 0 bridgehead atoms. The molecule has 1 amide bonds. The van der Waals surface area contributed by atoms with Gasteiger partial charge in [-0.1, -0.05) is 17.7 Å². The molecule has 1 N–H and O–H groups in total. The summed E-state index contributed by atoms with van der Waals surface area (Å²) in [6.45, 7) is 1.87. The fourth-order valence-electron chi connectivity index (χ4n) is 1.54. The molecule has 2 rings (SSSR count). The summed E-state index contributed by atoms with van der Waals surface area (Å²) in [5, 5.41) is 3.24. The zero-order chi connectivity index (χ0) is 14.0. The Kier molecular flexibility index (Phi) is 4.22. The summed E-state index contributed by atoms with van der Waals surface area (Å²) in [4.78, 5) is 12.0. The van der Waals surface area contributed by atoms with Crippen molar-refractivity contribution in [3.05, 3.63) is 62.8 Å². The number of hydrogen-bond donors (Lipinski definition) is 1. The number of carbonyl (C=O) groups is 1. The fourth-order valence-corrected chi connectivity index (χ4v) is 2.15. The zero-order valence-electron chi connectivity index (χ0n) is 10.0. The van der Waals surface area contributed by atoms with E-state index in [1.807, 2.05) is 6.92 Å². The van der Waals surface area contributed by atoms with Gasteiger partial charge < -0.3 is 5.32 Å². The van der Waals surface area contributed by atoms with Crippen molar-refractivity contribution in [2.75, 3.05) is 5.32 Å². The van der Waals surface area contributed by atoms with Gasteiger partial charge in [0.05, 0.1) is 5.56 Å². The van der Waals surface area contributed by atoms with Crippen molar-refractivity contribution in [2.24, 2.45) is 0 Å². The van der Waals surface area contributed by atoms with Gasteiger partial charge in [-0.25, -0.2) is 4.39 Å². The van der Waals surface area contributed by atoms with E-state index in [1.54, 1.807) is 18.2 Å². The van der Waals surface area contributed by atoms with E-state index < -0.39 is 11.7 Å². The van der Waals surface area contributed by atoms with Crippen molar-refractivity contribution in [1.29, 1.82) is 0 Å². The van der Waals surface area contributed by atoms with Gasteiger partial charge in [0, 0.05) is 15.2 Å². The smallest absolute Gasteiger partial charge is 0.256 e. The van der Waals surface area contributed by atoms with Gasteiger partial charge in [0.2, 0.25) is 0 Å². The third kappa shape index (κ3) is 3.33. The lowest BCUT2D eigenvalue weighted by Gasteiger charge is -2.08. The maximum Gasteiger partial charge on any atom is 0.256 e. The number of rotatable bonds is 2. The summed E-state index contributed by atoms with van der Waals surface area (Å²) in [6, 6.07) is 9.15. The van der Waals surface area contributed by atoms with E-state index in [9.17, 15) is 9.18 Å². The maximum absolute atomic E-state index is 13.1. The highest BCUT2D eigenvalue weighted by Gasteiger charge is 2.11. The molecule has 5 heteroatoms. The Morgan fingerprint density at radius 3 is 2.68 bits per heavy atom. The highest BCUT2D eigenvalue weighted by Crippen LogP contribution is 2.22. The minimum Gasteiger partial charge on any atom is -0.322 e. The van der Waals surface area contributed by atoms with Gasteiger partial charge in [0.25, 0.3) is 5.91 Å². The first-order valence-corrected chi connectivity index (χ1v) is 6.67. The van der Waals surface area contributed by atoms with E-state index in [-0.39, 0.29) is 5.56 Å². The van der Waals surface area contributed by atoms with E-state index in [2.05, 4.69) is 21.2 Å². The fraction of sp³-hybridized carbons (Fsp3) is 0.0714. The van der Waals surface area contributed by atoms with Crippen LogP contribution in [0.3, 0.4) is 0 Å². The normalized spacial score (nSPS) is 10.3. The van der Waals surface area contributed by atoms with Gasteiger partial charge in [-0.2, -0.15) is 0 Å². The first-order valence-electron chi connectivity index (χ1n) is 5.50. The van der Waals surface area contributed by atoms with Crippen LogP contribution in [0.2, 0.25) is 5.02 Å². The molecule has 0 saturated heterocycles. The van der Waals surface area contributed by atoms with Crippen molar-refractivity contribution in [1.82, 2.24) is 0 Å². The second-order valence-corrected chi connectivity index (χ2v) is 5.30. The van der Waals surface area contributed by atoms with Gasteiger partial charge >= 0.3 is 0 Å². The predicted octanol–water partition coefficient (Wildman–Crippen LogP) is 4.80. The SMILES string of the molecule is Cc1ccc(NC(=O)c2cc(F)ccc2Br)cc1Cl. The lowest BCUT2D eigenvalue weighted by molar-refractivity contribution is 0.102. The average molecular weight is 343 g/mol. The number of aryl methyl sites for hydroxylation is 1. The van der Waals surface area contributed by atoms with Crippen LogP contribution in [-0.2, 0) is 0 Å². The number of carbonyl (C=O) groups excluding carboxylic acids is 1. The van der Waals surface area contributed by atoms with E-state index >= 15 is 0 Å². The Hall–Kier alpha value is -1.39. The highest BCUT2D eigenvalue weighted by atomic mass is 79.9. The second-order valence-electron chi connectivity index (χ2n) is 4.04. The van der Waals surface area contributed by atoms with Gasteiger partial charge in [-0.05, 0) is 58.7 Å². The third-order valence-electron chi connectivity index (χ3n) is 2.60. The molecule has 2 aromatic rings. The molecule has 19 heavy (non-hydrogen) atoms. The molecule has 2 nitrogen and oxygen atoms in total. The Labute approximate surface area is 123 Å². The van der Waals surface area contributed by atoms with Crippen molar-refractivity contribution in [3.8, 4) is 0 Å². The van der Waals surface area contributed by atoms with Crippen LogP contribution >= 0.6 is 27.5 Å². The molecule has 0 heterocycles. The first kappa shape index (κ1) is 14.0. The van der Waals surface area contributed by atoms with Crippen LogP contribution in [0.15, 0.2) is 40.9 Å². The molecule has 0 radical (unpaired) electrons. The van der Waals surface area contributed by atoms with Crippen molar-refractivity contribution in [3.63, 3.8) is 0 Å². The van der Waals surface area contributed by atoms with Crippen LogP contribution in [0.25, 0.3) is 0 Å². The van der Waals surface area contributed by atoms with E-state index in [4.69, 9.17) is 11.6 Å². The number of hydrogen-bond acceptors (Lipinski definition) is 1. The molecule has 0 saturated carbocycles. The van der Waals surface area contributed by atoms with Crippen LogP contribution in [0.4, 0.5) is 10.1 Å². The largest absolute Gasteiger partial charge is 0.322 e. The van der Waals surface area contributed by atoms with Crippen LogP contribution in [0.1, 0.15) is 15.9 Å². The summed E-state index contributed by atoms with van der Waals surface area (Å²) >= 11 is 9.20. The third-order valence-corrected chi connectivity index (χ3v) is 3.70. The van der Waals surface area contributed by atoms with Gasteiger partial charge in [0.1, 0.15) is 5.82 Å². The maximum atomic E-state index is 13.1. The molecule has 0 spiro atoms. The number of benzene rings is 2. The molecule has 98 valence electrons. The van der Waals surface area contributed by atoms with Crippen LogP contribution in [0, 0.1) is 12.7 Å². The molecule has 0 aliphatic rings. The van der Waals surface area contributed by atoms with E-state index in [0.717, 1.165) is 5.56 Å². The number of amides is 1. The molecule has 0 fully saturated rings. The van der Waals surface area contributed by atoms with Crippen LogP contribution < -0.4 is 5.32 Å². The summed E-state index contributed by atoms with van der Waals surface area (Å²) in [5.41, 5.74) is 1.72. The molecular formula is C14H10BrClFNO. The van der Waals surface area contributed by atoms with Crippen molar-refractivity contribution < 1.29 is 9.18 Å². The quantitative estimate of drug-likeness (QED) is 0.834. The molecule has 0 aliphatic carbocycles. The van der Waals surface area contributed by atoms with Gasteiger partial charge in [0.15, 0.2) is 0 Å². The van der Waals surface area contributed by atoms with Crippen LogP contribution in [0.5, 0.6) is 0 Å². The lowest BCUT2D eigenvalue weighted by atomic mass is 10.2. The zero-order valence-corrected chi connectivity index (χ0v) is 12.3. The summed E-state index contributed by atoms with van der Waals surface area (Å²) < 4.78 is 13.7. The van der Waals surface area contributed by atoms with E-state index in [0.29, 0.717) is 15.2 Å². The Balaban J connectivity index is 2.25. The molecule has 2 aromatic carbocycles. The first-order chi connectivity index (χ1) is 8.97. The highest BCUT2D eigenvalue weighted by molar-refractivity contribution is 9.10. The summed E-state index contributed by atoms with van der Waals surface area (Å²) in [5.74, 6) is -0.860. The van der Waals surface area contributed by atoms with Gasteiger partial charge in [-0.15, -0.1) is 0 Å². The van der Waals surface area contributed by atoms with Gasteiger partial charge in [-0.3, -0.25) is 4.79 Å². The number of halogens is 3. The number of nitrogens with one attached hydrogen (secondary N) is 1. The van der Waals surface area contributed by atoms with Crippen molar-refractivity contribution >= 4 is 39.1 Å². The summed E-state index contributed by atoms with van der Waals surface area (Å²) in [6.07, 6.45) is 0. The van der Waals surface area contributed by atoms with Crippen molar-refractivity contribution in [2.45, 2.75) is 6.92 Å². The van der Waals surface area contributed by atoms with E-state index in [1.165, 1.54) is 18.2 Å². The Morgan fingerprint density at radius 1 is 1.26 bits per heavy atom. The number of anilines is 1. The Bertz CT molecular complexity index is 645. The topological polar surface area (TPSA) is 29.1 Å².